The Morgan fingerprint density at radius 1 is 0.800 bits per heavy atom. The molecule has 2 N–H and O–H groups in total. The van der Waals surface area contributed by atoms with E-state index in [4.69, 9.17) is 23.2 Å². The molecule has 2 aromatic rings. The number of rotatable bonds is 5. The van der Waals surface area contributed by atoms with Gasteiger partial charge >= 0.3 is 0 Å². The van der Waals surface area contributed by atoms with Crippen molar-refractivity contribution < 1.29 is 8.42 Å². The van der Waals surface area contributed by atoms with Gasteiger partial charge in [0.2, 0.25) is 10.0 Å². The van der Waals surface area contributed by atoms with E-state index in [-0.39, 0.29) is 17.0 Å². The number of hydrogen-bond acceptors (Lipinski definition) is 3. The average Bonchev–Trinajstić information content (AvgIpc) is 2.59. The predicted octanol–water partition coefficient (Wildman–Crippen LogP) is 4.70. The van der Waals surface area contributed by atoms with Gasteiger partial charge in [0, 0.05) is 27.8 Å². The first-order chi connectivity index (χ1) is 11.9. The minimum Gasteiger partial charge on any atom is -0.381 e. The molecule has 25 heavy (non-hydrogen) atoms. The van der Waals surface area contributed by atoms with Gasteiger partial charge in [-0.05, 0) is 61.4 Å². The summed E-state index contributed by atoms with van der Waals surface area (Å²) in [6, 6.07) is 13.5. The zero-order chi connectivity index (χ0) is 17.9. The number of benzene rings is 2. The highest BCUT2D eigenvalue weighted by Crippen LogP contribution is 2.25. The number of hydrogen-bond donors (Lipinski definition) is 2. The van der Waals surface area contributed by atoms with Crippen LogP contribution in [0.1, 0.15) is 25.7 Å². The Kier molecular flexibility index (Phi) is 5.89. The van der Waals surface area contributed by atoms with Crippen LogP contribution < -0.4 is 10.0 Å². The molecular weight excluding hydrogens is 379 g/mol. The van der Waals surface area contributed by atoms with Crippen LogP contribution in [0.3, 0.4) is 0 Å². The van der Waals surface area contributed by atoms with Crippen molar-refractivity contribution in [3.05, 3.63) is 58.6 Å². The van der Waals surface area contributed by atoms with Gasteiger partial charge in [0.1, 0.15) is 0 Å². The largest absolute Gasteiger partial charge is 0.381 e. The first-order valence-electron chi connectivity index (χ1n) is 8.24. The Hall–Kier alpha value is -1.27. The van der Waals surface area contributed by atoms with Crippen LogP contribution >= 0.6 is 23.2 Å². The van der Waals surface area contributed by atoms with E-state index in [0.717, 1.165) is 31.4 Å². The van der Waals surface area contributed by atoms with Crippen molar-refractivity contribution in [2.75, 3.05) is 5.32 Å². The van der Waals surface area contributed by atoms with Gasteiger partial charge in [-0.15, -0.1) is 0 Å². The second-order valence-corrected chi connectivity index (χ2v) is 8.81. The molecule has 0 spiro atoms. The Morgan fingerprint density at radius 2 is 1.32 bits per heavy atom. The molecule has 7 heteroatoms. The first kappa shape index (κ1) is 18.5. The second kappa shape index (κ2) is 7.96. The highest BCUT2D eigenvalue weighted by molar-refractivity contribution is 7.89. The first-order valence-corrected chi connectivity index (χ1v) is 10.5. The summed E-state index contributed by atoms with van der Waals surface area (Å²) < 4.78 is 28.2. The van der Waals surface area contributed by atoms with Crippen LogP contribution in [0.15, 0.2) is 53.4 Å². The Balaban J connectivity index is 1.74. The van der Waals surface area contributed by atoms with Crippen LogP contribution in [0.25, 0.3) is 0 Å². The van der Waals surface area contributed by atoms with Crippen LogP contribution in [0.2, 0.25) is 10.0 Å². The molecule has 0 aliphatic heterocycles. The topological polar surface area (TPSA) is 58.2 Å². The standard InChI is InChI=1S/C18H20Cl2N2O2S/c19-13-5-9-15(10-6-13)21-17-3-1-2-4-18(17)22-25(23,24)16-11-7-14(20)8-12-16/h5-12,17-18,21-22H,1-4H2/t17-,18-/m0/s1. The van der Waals surface area contributed by atoms with E-state index in [9.17, 15) is 8.42 Å². The van der Waals surface area contributed by atoms with Crippen molar-refractivity contribution in [2.45, 2.75) is 42.7 Å². The lowest BCUT2D eigenvalue weighted by atomic mass is 9.91. The summed E-state index contributed by atoms with van der Waals surface area (Å²) in [5.74, 6) is 0. The number of sulfonamides is 1. The maximum atomic E-state index is 12.7. The fraction of sp³-hybridized carbons (Fsp3) is 0.333. The van der Waals surface area contributed by atoms with Gasteiger partial charge in [-0.3, -0.25) is 0 Å². The molecule has 0 aromatic heterocycles. The van der Waals surface area contributed by atoms with Gasteiger partial charge in [-0.2, -0.15) is 0 Å². The van der Waals surface area contributed by atoms with Crippen molar-refractivity contribution in [2.24, 2.45) is 0 Å². The fourth-order valence-electron chi connectivity index (χ4n) is 3.09. The molecule has 134 valence electrons. The monoisotopic (exact) mass is 398 g/mol. The lowest BCUT2D eigenvalue weighted by molar-refractivity contribution is 0.378. The van der Waals surface area contributed by atoms with Crippen LogP contribution in [0.4, 0.5) is 5.69 Å². The highest BCUT2D eigenvalue weighted by Gasteiger charge is 2.29. The van der Waals surface area contributed by atoms with Crippen molar-refractivity contribution >= 4 is 38.9 Å². The summed E-state index contributed by atoms with van der Waals surface area (Å²) in [4.78, 5) is 0.229. The molecule has 0 heterocycles. The van der Waals surface area contributed by atoms with Crippen molar-refractivity contribution in [3.63, 3.8) is 0 Å². The van der Waals surface area contributed by atoms with Crippen LogP contribution in [-0.2, 0) is 10.0 Å². The van der Waals surface area contributed by atoms with E-state index < -0.39 is 10.0 Å². The highest BCUT2D eigenvalue weighted by atomic mass is 35.5. The Morgan fingerprint density at radius 3 is 1.92 bits per heavy atom. The summed E-state index contributed by atoms with van der Waals surface area (Å²) >= 11 is 11.8. The number of nitrogens with one attached hydrogen (secondary N) is 2. The molecule has 1 fully saturated rings. The zero-order valence-electron chi connectivity index (χ0n) is 13.6. The number of halogens is 2. The lowest BCUT2D eigenvalue weighted by Gasteiger charge is -2.33. The van der Waals surface area contributed by atoms with E-state index in [1.165, 1.54) is 12.1 Å². The van der Waals surface area contributed by atoms with Crippen molar-refractivity contribution in [1.29, 1.82) is 0 Å². The summed E-state index contributed by atoms with van der Waals surface area (Å²) in [6.45, 7) is 0. The summed E-state index contributed by atoms with van der Waals surface area (Å²) in [5, 5.41) is 4.62. The van der Waals surface area contributed by atoms with E-state index in [1.807, 2.05) is 24.3 Å². The molecule has 1 aliphatic carbocycles. The summed E-state index contributed by atoms with van der Waals surface area (Å²) in [5.41, 5.74) is 0.937. The summed E-state index contributed by atoms with van der Waals surface area (Å²) in [7, 11) is -3.58. The molecule has 1 aliphatic rings. The average molecular weight is 399 g/mol. The second-order valence-electron chi connectivity index (χ2n) is 6.22. The van der Waals surface area contributed by atoms with Gasteiger partial charge in [0.15, 0.2) is 0 Å². The minimum atomic E-state index is -3.58. The van der Waals surface area contributed by atoms with Gasteiger partial charge < -0.3 is 5.32 Å². The quantitative estimate of drug-likeness (QED) is 0.767. The molecule has 2 aromatic carbocycles. The third-order valence-corrected chi connectivity index (χ3v) is 6.40. The predicted molar refractivity (Wildman–Crippen MR) is 103 cm³/mol. The van der Waals surface area contributed by atoms with Gasteiger partial charge in [0.25, 0.3) is 0 Å². The molecule has 0 amide bonds. The molecule has 2 atom stereocenters. The van der Waals surface area contributed by atoms with Crippen LogP contribution in [0.5, 0.6) is 0 Å². The molecule has 1 saturated carbocycles. The smallest absolute Gasteiger partial charge is 0.240 e. The molecule has 0 bridgehead atoms. The van der Waals surface area contributed by atoms with Gasteiger partial charge in [0.05, 0.1) is 4.90 Å². The molecule has 0 radical (unpaired) electrons. The zero-order valence-corrected chi connectivity index (χ0v) is 15.9. The Bertz CT molecular complexity index is 808. The van der Waals surface area contributed by atoms with Crippen molar-refractivity contribution in [1.82, 2.24) is 4.72 Å². The SMILES string of the molecule is O=S(=O)(N[C@H]1CCCC[C@@H]1Nc1ccc(Cl)cc1)c1ccc(Cl)cc1. The Labute approximate surface area is 158 Å². The molecule has 4 nitrogen and oxygen atoms in total. The van der Waals surface area contributed by atoms with Gasteiger partial charge in [-0.1, -0.05) is 36.0 Å². The van der Waals surface area contributed by atoms with E-state index >= 15 is 0 Å². The fourth-order valence-corrected chi connectivity index (χ4v) is 4.65. The molecule has 3 rings (SSSR count). The van der Waals surface area contributed by atoms with Gasteiger partial charge in [-0.25, -0.2) is 13.1 Å². The third kappa shape index (κ3) is 4.88. The summed E-state index contributed by atoms with van der Waals surface area (Å²) in [6.07, 6.45) is 3.80. The van der Waals surface area contributed by atoms with E-state index in [0.29, 0.717) is 10.0 Å². The molecule has 0 saturated heterocycles. The van der Waals surface area contributed by atoms with E-state index in [2.05, 4.69) is 10.0 Å². The molecule has 0 unspecified atom stereocenters. The maximum Gasteiger partial charge on any atom is 0.240 e. The lowest BCUT2D eigenvalue weighted by Crippen LogP contribution is -2.48. The normalized spacial score (nSPS) is 21.0. The van der Waals surface area contributed by atoms with Crippen LogP contribution in [0, 0.1) is 0 Å². The van der Waals surface area contributed by atoms with Crippen LogP contribution in [-0.4, -0.2) is 20.5 Å². The number of anilines is 1. The minimum absolute atomic E-state index is 0.0389. The maximum absolute atomic E-state index is 12.7. The van der Waals surface area contributed by atoms with E-state index in [1.54, 1.807) is 12.1 Å². The van der Waals surface area contributed by atoms with Crippen molar-refractivity contribution in [3.8, 4) is 0 Å². The molecular formula is C18H20Cl2N2O2S. The third-order valence-electron chi connectivity index (χ3n) is 4.39.